The number of hydrogen-bond donors (Lipinski definition) is 1. The molecule has 0 atom stereocenters. The summed E-state index contributed by atoms with van der Waals surface area (Å²) in [4.78, 5) is 28.2. The van der Waals surface area contributed by atoms with Crippen LogP contribution in [0.15, 0.2) is 72.9 Å². The highest BCUT2D eigenvalue weighted by Gasteiger charge is 2.05. The Morgan fingerprint density at radius 2 is 1.72 bits per heavy atom. The van der Waals surface area contributed by atoms with Crippen molar-refractivity contribution in [1.29, 1.82) is 0 Å². The number of carbonyl (C=O) groups is 2. The number of methoxy groups -OCH3 is 1. The van der Waals surface area contributed by atoms with Crippen LogP contribution in [0.2, 0.25) is 0 Å². The Morgan fingerprint density at radius 3 is 2.34 bits per heavy atom. The van der Waals surface area contributed by atoms with Gasteiger partial charge in [-0.2, -0.15) is 0 Å². The molecule has 1 N–H and O–H groups in total. The van der Waals surface area contributed by atoms with E-state index in [1.54, 1.807) is 30.3 Å². The van der Waals surface area contributed by atoms with Gasteiger partial charge in [0, 0.05) is 23.5 Å². The predicted molar refractivity (Wildman–Crippen MR) is 128 cm³/mol. The maximum absolute atomic E-state index is 12.2. The van der Waals surface area contributed by atoms with Gasteiger partial charge in [0.05, 0.1) is 18.4 Å². The number of amides is 1. The molecule has 1 amide bonds. The zero-order valence-corrected chi connectivity index (χ0v) is 18.5. The summed E-state index contributed by atoms with van der Waals surface area (Å²) in [5.41, 5.74) is 5.20. The summed E-state index contributed by atoms with van der Waals surface area (Å²) in [5.74, 6) is -0.662. The summed E-state index contributed by atoms with van der Waals surface area (Å²) >= 11 is 0. The van der Waals surface area contributed by atoms with E-state index in [4.69, 9.17) is 0 Å². The predicted octanol–water partition coefficient (Wildman–Crippen LogP) is 5.92. The summed E-state index contributed by atoms with van der Waals surface area (Å²) < 4.78 is 4.66. The zero-order valence-electron chi connectivity index (χ0n) is 18.5. The van der Waals surface area contributed by atoms with E-state index >= 15 is 0 Å². The normalized spacial score (nSPS) is 10.8. The van der Waals surface area contributed by atoms with E-state index in [0.717, 1.165) is 23.2 Å². The van der Waals surface area contributed by atoms with Gasteiger partial charge in [0.15, 0.2) is 0 Å². The average molecular weight is 429 g/mol. The van der Waals surface area contributed by atoms with Gasteiger partial charge in [0.1, 0.15) is 0 Å². The number of aryl methyl sites for hydroxylation is 1. The molecule has 1 heterocycles. The molecule has 0 spiro atoms. The van der Waals surface area contributed by atoms with Crippen molar-refractivity contribution in [3.63, 3.8) is 0 Å². The van der Waals surface area contributed by atoms with Crippen LogP contribution in [-0.4, -0.2) is 24.0 Å². The van der Waals surface area contributed by atoms with Crippen LogP contribution in [0, 0.1) is 0 Å². The Bertz CT molecular complexity index is 1050. The molecule has 0 aliphatic carbocycles. The Morgan fingerprint density at radius 1 is 0.969 bits per heavy atom. The van der Waals surface area contributed by atoms with Crippen LogP contribution in [0.25, 0.3) is 17.3 Å². The molecule has 3 rings (SSSR count). The summed E-state index contributed by atoms with van der Waals surface area (Å²) in [6, 6.07) is 18.7. The smallest absolute Gasteiger partial charge is 0.337 e. The lowest BCUT2D eigenvalue weighted by atomic mass is 10.1. The standard InChI is InChI=1S/C27H28N2O3/c1-3-4-5-6-21-9-17-25(28-19-21)22-11-7-20(8-12-22)10-18-26(30)29-24-15-13-23(14-16-24)27(31)32-2/h7-19H,3-6H2,1-2H3,(H,29,30)/b18-10+. The topological polar surface area (TPSA) is 68.3 Å². The van der Waals surface area contributed by atoms with E-state index in [1.807, 2.05) is 30.5 Å². The minimum atomic E-state index is -0.413. The van der Waals surface area contributed by atoms with Crippen LogP contribution in [0.5, 0.6) is 0 Å². The molecule has 2 aromatic carbocycles. The Kier molecular flexibility index (Phi) is 8.32. The molecule has 5 nitrogen and oxygen atoms in total. The molecule has 0 fully saturated rings. The summed E-state index contributed by atoms with van der Waals surface area (Å²) in [6.07, 6.45) is 9.93. The first kappa shape index (κ1) is 22.9. The molecule has 0 aliphatic heterocycles. The summed E-state index contributed by atoms with van der Waals surface area (Å²) in [6.45, 7) is 2.21. The van der Waals surface area contributed by atoms with E-state index in [0.29, 0.717) is 11.3 Å². The van der Waals surface area contributed by atoms with E-state index in [1.165, 1.54) is 38.0 Å². The molecular formula is C27H28N2O3. The fourth-order valence-corrected chi connectivity index (χ4v) is 3.25. The van der Waals surface area contributed by atoms with Crippen molar-refractivity contribution in [3.05, 3.63) is 89.6 Å². The largest absolute Gasteiger partial charge is 0.465 e. The van der Waals surface area contributed by atoms with Gasteiger partial charge in [0.2, 0.25) is 5.91 Å². The van der Waals surface area contributed by atoms with Crippen molar-refractivity contribution >= 4 is 23.6 Å². The number of unbranched alkanes of at least 4 members (excludes halogenated alkanes) is 2. The fraction of sp³-hybridized carbons (Fsp3) is 0.222. The number of rotatable bonds is 9. The number of anilines is 1. The first-order valence-corrected chi connectivity index (χ1v) is 10.8. The summed E-state index contributed by atoms with van der Waals surface area (Å²) in [7, 11) is 1.33. The SMILES string of the molecule is CCCCCc1ccc(-c2ccc(/C=C/C(=O)Nc3ccc(C(=O)OC)cc3)cc2)nc1. The molecule has 0 bridgehead atoms. The maximum Gasteiger partial charge on any atom is 0.337 e. The number of nitrogens with one attached hydrogen (secondary N) is 1. The maximum atomic E-state index is 12.2. The summed E-state index contributed by atoms with van der Waals surface area (Å²) in [5, 5.41) is 2.77. The van der Waals surface area contributed by atoms with Gasteiger partial charge in [-0.05, 0) is 60.4 Å². The first-order valence-electron chi connectivity index (χ1n) is 10.8. The van der Waals surface area contributed by atoms with Crippen LogP contribution < -0.4 is 5.32 Å². The van der Waals surface area contributed by atoms with Crippen molar-refractivity contribution in [2.45, 2.75) is 32.6 Å². The van der Waals surface area contributed by atoms with Crippen LogP contribution in [-0.2, 0) is 16.0 Å². The lowest BCUT2D eigenvalue weighted by Crippen LogP contribution is -2.08. The number of hydrogen-bond acceptors (Lipinski definition) is 4. The molecule has 0 saturated heterocycles. The van der Waals surface area contributed by atoms with E-state index in [2.05, 4.69) is 34.1 Å². The second-order valence-corrected chi connectivity index (χ2v) is 7.52. The second-order valence-electron chi connectivity index (χ2n) is 7.52. The van der Waals surface area contributed by atoms with Gasteiger partial charge in [-0.25, -0.2) is 4.79 Å². The van der Waals surface area contributed by atoms with Gasteiger partial charge < -0.3 is 10.1 Å². The van der Waals surface area contributed by atoms with Crippen molar-refractivity contribution in [1.82, 2.24) is 4.98 Å². The van der Waals surface area contributed by atoms with Crippen LogP contribution in [0.1, 0.15) is 47.7 Å². The molecule has 0 radical (unpaired) electrons. The van der Waals surface area contributed by atoms with Crippen LogP contribution in [0.3, 0.4) is 0 Å². The number of nitrogens with zero attached hydrogens (tertiary/aromatic N) is 1. The van der Waals surface area contributed by atoms with Gasteiger partial charge in [-0.3, -0.25) is 9.78 Å². The number of carbonyl (C=O) groups excluding carboxylic acids is 2. The molecule has 1 aromatic heterocycles. The highest BCUT2D eigenvalue weighted by Crippen LogP contribution is 2.19. The fourth-order valence-electron chi connectivity index (χ4n) is 3.25. The van der Waals surface area contributed by atoms with Crippen molar-refractivity contribution < 1.29 is 14.3 Å². The molecule has 5 heteroatoms. The third-order valence-corrected chi connectivity index (χ3v) is 5.10. The molecule has 3 aromatic rings. The lowest BCUT2D eigenvalue weighted by molar-refractivity contribution is -0.111. The van der Waals surface area contributed by atoms with E-state index in [9.17, 15) is 9.59 Å². The first-order chi connectivity index (χ1) is 15.6. The number of pyridine rings is 1. The molecular weight excluding hydrogens is 400 g/mol. The lowest BCUT2D eigenvalue weighted by Gasteiger charge is -2.05. The van der Waals surface area contributed by atoms with Gasteiger partial charge in [0.25, 0.3) is 0 Å². The minimum absolute atomic E-state index is 0.250. The quantitative estimate of drug-likeness (QED) is 0.261. The average Bonchev–Trinajstić information content (AvgIpc) is 2.84. The highest BCUT2D eigenvalue weighted by atomic mass is 16.5. The Balaban J connectivity index is 1.55. The van der Waals surface area contributed by atoms with Crippen molar-refractivity contribution in [2.24, 2.45) is 0 Å². The van der Waals surface area contributed by atoms with Crippen LogP contribution in [0.4, 0.5) is 5.69 Å². The molecule has 0 saturated carbocycles. The number of benzene rings is 2. The number of ether oxygens (including phenoxy) is 1. The monoisotopic (exact) mass is 428 g/mol. The number of aromatic nitrogens is 1. The molecule has 0 aliphatic rings. The van der Waals surface area contributed by atoms with Crippen molar-refractivity contribution in [3.8, 4) is 11.3 Å². The highest BCUT2D eigenvalue weighted by molar-refractivity contribution is 6.02. The minimum Gasteiger partial charge on any atom is -0.465 e. The second kappa shape index (κ2) is 11.6. The molecule has 164 valence electrons. The zero-order chi connectivity index (χ0) is 22.8. The van der Waals surface area contributed by atoms with Crippen LogP contribution >= 0.6 is 0 Å². The number of esters is 1. The third-order valence-electron chi connectivity index (χ3n) is 5.10. The molecule has 32 heavy (non-hydrogen) atoms. The van der Waals surface area contributed by atoms with E-state index in [-0.39, 0.29) is 5.91 Å². The third kappa shape index (κ3) is 6.64. The van der Waals surface area contributed by atoms with Gasteiger partial charge in [-0.1, -0.05) is 50.1 Å². The Hall–Kier alpha value is -3.73. The molecule has 0 unspecified atom stereocenters. The van der Waals surface area contributed by atoms with Gasteiger partial charge >= 0.3 is 5.97 Å². The Labute approximate surface area is 189 Å². The van der Waals surface area contributed by atoms with E-state index < -0.39 is 5.97 Å². The van der Waals surface area contributed by atoms with Crippen molar-refractivity contribution in [2.75, 3.05) is 12.4 Å². The van der Waals surface area contributed by atoms with Gasteiger partial charge in [-0.15, -0.1) is 0 Å².